The van der Waals surface area contributed by atoms with E-state index in [-0.39, 0.29) is 11.5 Å². The Labute approximate surface area is 127 Å². The highest BCUT2D eigenvalue weighted by Crippen LogP contribution is 2.52. The smallest absolute Gasteiger partial charge is 0.0861 e. The highest BCUT2D eigenvalue weighted by Gasteiger charge is 2.47. The van der Waals surface area contributed by atoms with Crippen LogP contribution in [-0.2, 0) is 16.6 Å². The molecule has 0 aromatic heterocycles. The Kier molecular flexibility index (Phi) is 3.11. The van der Waals surface area contributed by atoms with E-state index in [9.17, 15) is 0 Å². The second-order valence-corrected chi connectivity index (χ2v) is 6.67. The van der Waals surface area contributed by atoms with Crippen molar-refractivity contribution in [3.05, 3.63) is 71.3 Å². The first-order valence-corrected chi connectivity index (χ1v) is 8.04. The molecule has 2 aromatic rings. The van der Waals surface area contributed by atoms with E-state index in [0.717, 1.165) is 13.0 Å². The predicted octanol–water partition coefficient (Wildman–Crippen LogP) is 4.67. The molecule has 21 heavy (non-hydrogen) atoms. The Morgan fingerprint density at radius 1 is 1.00 bits per heavy atom. The van der Waals surface area contributed by atoms with Crippen LogP contribution in [0.25, 0.3) is 0 Å². The maximum Gasteiger partial charge on any atom is 0.0861 e. The molecule has 0 N–H and O–H groups in total. The maximum absolute atomic E-state index is 6.21. The number of aryl methyl sites for hydroxylation is 1. The highest BCUT2D eigenvalue weighted by atomic mass is 16.5. The topological polar surface area (TPSA) is 9.23 Å². The van der Waals surface area contributed by atoms with Crippen LogP contribution < -0.4 is 0 Å². The Morgan fingerprint density at radius 2 is 1.76 bits per heavy atom. The van der Waals surface area contributed by atoms with Gasteiger partial charge in [-0.1, -0.05) is 61.5 Å². The first kappa shape index (κ1) is 13.1. The summed E-state index contributed by atoms with van der Waals surface area (Å²) in [6.07, 6.45) is 3.80. The monoisotopic (exact) mass is 278 g/mol. The third-order valence-electron chi connectivity index (χ3n) is 5.59. The molecule has 0 saturated carbocycles. The molecule has 0 radical (unpaired) electrons. The van der Waals surface area contributed by atoms with E-state index in [1.54, 1.807) is 11.1 Å². The van der Waals surface area contributed by atoms with Gasteiger partial charge in [0.1, 0.15) is 0 Å². The summed E-state index contributed by atoms with van der Waals surface area (Å²) < 4.78 is 6.21. The third-order valence-corrected chi connectivity index (χ3v) is 5.59. The zero-order chi connectivity index (χ0) is 14.3. The summed E-state index contributed by atoms with van der Waals surface area (Å²) in [5.74, 6) is 0.587. The van der Waals surface area contributed by atoms with Gasteiger partial charge in [-0.15, -0.1) is 0 Å². The Hall–Kier alpha value is -1.60. The van der Waals surface area contributed by atoms with Gasteiger partial charge in [0.25, 0.3) is 0 Å². The van der Waals surface area contributed by atoms with Crippen molar-refractivity contribution in [2.24, 2.45) is 5.92 Å². The lowest BCUT2D eigenvalue weighted by Crippen LogP contribution is -2.45. The van der Waals surface area contributed by atoms with Gasteiger partial charge in [-0.2, -0.15) is 0 Å². The number of fused-ring (bicyclic) bond motifs is 3. The van der Waals surface area contributed by atoms with Gasteiger partial charge in [0.15, 0.2) is 0 Å². The molecular formula is C20H22O. The summed E-state index contributed by atoms with van der Waals surface area (Å²) in [4.78, 5) is 0. The van der Waals surface area contributed by atoms with E-state index >= 15 is 0 Å². The van der Waals surface area contributed by atoms with E-state index in [0.29, 0.717) is 5.92 Å². The minimum absolute atomic E-state index is 0.248. The fourth-order valence-corrected chi connectivity index (χ4v) is 4.42. The van der Waals surface area contributed by atoms with Crippen LogP contribution in [0.2, 0.25) is 0 Å². The molecule has 1 heterocycles. The van der Waals surface area contributed by atoms with Gasteiger partial charge in [0, 0.05) is 12.0 Å². The quantitative estimate of drug-likeness (QED) is 0.736. The second-order valence-electron chi connectivity index (χ2n) is 6.67. The molecule has 0 bridgehead atoms. The lowest BCUT2D eigenvalue weighted by Gasteiger charge is -2.50. The summed E-state index contributed by atoms with van der Waals surface area (Å²) in [7, 11) is 0. The summed E-state index contributed by atoms with van der Waals surface area (Å²) in [5, 5.41) is 0. The van der Waals surface area contributed by atoms with Crippen molar-refractivity contribution in [3.8, 4) is 0 Å². The van der Waals surface area contributed by atoms with Gasteiger partial charge in [0.2, 0.25) is 0 Å². The summed E-state index contributed by atoms with van der Waals surface area (Å²) in [5.41, 5.74) is 4.70. The molecule has 1 heteroatoms. The first-order chi connectivity index (χ1) is 10.3. The molecule has 1 fully saturated rings. The zero-order valence-corrected chi connectivity index (χ0v) is 12.6. The summed E-state index contributed by atoms with van der Waals surface area (Å²) >= 11 is 0. The summed E-state index contributed by atoms with van der Waals surface area (Å²) in [6.45, 7) is 3.31. The van der Waals surface area contributed by atoms with Crippen molar-refractivity contribution in [1.29, 1.82) is 0 Å². The highest BCUT2D eigenvalue weighted by molar-refractivity contribution is 5.39. The van der Waals surface area contributed by atoms with E-state index in [4.69, 9.17) is 4.74 Å². The molecule has 1 aliphatic heterocycles. The standard InChI is InChI=1S/C20H22O/c1-20-13-14-21-19(16-8-3-2-4-9-16)18(20)12-11-15-7-5-6-10-17(15)20/h2-10,18-19H,11-14H2,1H3/t18-,19-,20+/m0/s1. The second kappa shape index (κ2) is 4.99. The van der Waals surface area contributed by atoms with Gasteiger partial charge in [0.05, 0.1) is 6.10 Å². The minimum Gasteiger partial charge on any atom is -0.373 e. The van der Waals surface area contributed by atoms with Gasteiger partial charge >= 0.3 is 0 Å². The predicted molar refractivity (Wildman–Crippen MR) is 85.4 cm³/mol. The van der Waals surface area contributed by atoms with Crippen molar-refractivity contribution in [3.63, 3.8) is 0 Å². The normalized spacial score (nSPS) is 31.3. The van der Waals surface area contributed by atoms with Crippen molar-refractivity contribution in [2.75, 3.05) is 6.61 Å². The van der Waals surface area contributed by atoms with E-state index in [1.165, 1.54) is 18.4 Å². The fourth-order valence-electron chi connectivity index (χ4n) is 4.42. The molecule has 1 saturated heterocycles. The van der Waals surface area contributed by atoms with Crippen molar-refractivity contribution < 1.29 is 4.74 Å². The number of hydrogen-bond donors (Lipinski definition) is 0. The van der Waals surface area contributed by atoms with Crippen LogP contribution in [0.1, 0.15) is 42.6 Å². The van der Waals surface area contributed by atoms with Gasteiger partial charge in [-0.05, 0) is 41.9 Å². The Balaban J connectivity index is 1.77. The molecular weight excluding hydrogens is 256 g/mol. The van der Waals surface area contributed by atoms with Crippen LogP contribution in [0, 0.1) is 5.92 Å². The lowest BCUT2D eigenvalue weighted by atomic mass is 9.59. The molecule has 4 rings (SSSR count). The zero-order valence-electron chi connectivity index (χ0n) is 12.6. The largest absolute Gasteiger partial charge is 0.373 e. The average Bonchev–Trinajstić information content (AvgIpc) is 2.55. The van der Waals surface area contributed by atoms with Crippen LogP contribution in [0.4, 0.5) is 0 Å². The Bertz CT molecular complexity index is 633. The van der Waals surface area contributed by atoms with E-state index in [1.807, 2.05) is 0 Å². The molecule has 0 unspecified atom stereocenters. The SMILES string of the molecule is C[C@]12CCO[C@@H](c3ccccc3)[C@@H]1CCc1ccccc12. The average molecular weight is 278 g/mol. The minimum atomic E-state index is 0.248. The van der Waals surface area contributed by atoms with Gasteiger partial charge in [-0.3, -0.25) is 0 Å². The number of ether oxygens (including phenoxy) is 1. The van der Waals surface area contributed by atoms with Crippen LogP contribution in [0.15, 0.2) is 54.6 Å². The third kappa shape index (κ3) is 2.03. The molecule has 0 spiro atoms. The maximum atomic E-state index is 6.21. The van der Waals surface area contributed by atoms with Crippen LogP contribution >= 0.6 is 0 Å². The molecule has 3 atom stereocenters. The van der Waals surface area contributed by atoms with Crippen molar-refractivity contribution >= 4 is 0 Å². The number of benzene rings is 2. The molecule has 1 aliphatic carbocycles. The molecule has 1 nitrogen and oxygen atoms in total. The van der Waals surface area contributed by atoms with Gasteiger partial charge < -0.3 is 4.74 Å². The van der Waals surface area contributed by atoms with Crippen molar-refractivity contribution in [1.82, 2.24) is 0 Å². The molecule has 2 aromatic carbocycles. The van der Waals surface area contributed by atoms with Crippen LogP contribution in [-0.4, -0.2) is 6.61 Å². The number of rotatable bonds is 1. The van der Waals surface area contributed by atoms with E-state index in [2.05, 4.69) is 61.5 Å². The molecule has 108 valence electrons. The molecule has 2 aliphatic rings. The van der Waals surface area contributed by atoms with E-state index < -0.39 is 0 Å². The van der Waals surface area contributed by atoms with Gasteiger partial charge in [-0.25, -0.2) is 0 Å². The lowest BCUT2D eigenvalue weighted by molar-refractivity contribution is -0.0754. The Morgan fingerprint density at radius 3 is 2.62 bits per heavy atom. The summed E-state index contributed by atoms with van der Waals surface area (Å²) in [6, 6.07) is 19.8. The fraction of sp³-hybridized carbons (Fsp3) is 0.400. The van der Waals surface area contributed by atoms with Crippen LogP contribution in [0.5, 0.6) is 0 Å². The molecule has 0 amide bonds. The van der Waals surface area contributed by atoms with Crippen LogP contribution in [0.3, 0.4) is 0 Å². The van der Waals surface area contributed by atoms with Crippen molar-refractivity contribution in [2.45, 2.75) is 37.7 Å². The first-order valence-electron chi connectivity index (χ1n) is 8.04. The number of hydrogen-bond acceptors (Lipinski definition) is 1.